The molecule has 0 bridgehead atoms. The molecule has 0 saturated heterocycles. The molecule has 112 valence electrons. The minimum absolute atomic E-state index is 0.0416. The number of para-hydroxylation sites is 1. The summed E-state index contributed by atoms with van der Waals surface area (Å²) < 4.78 is 29.1. The van der Waals surface area contributed by atoms with E-state index >= 15 is 0 Å². The molecular formula is C15H12Cl2F2O2. The minimum Gasteiger partial charge on any atom is -0.434 e. The first-order valence-electron chi connectivity index (χ1n) is 6.13. The molecule has 0 spiro atoms. The van der Waals surface area contributed by atoms with Crippen LogP contribution in [0.15, 0.2) is 42.5 Å². The van der Waals surface area contributed by atoms with Crippen LogP contribution in [0, 0.1) is 0 Å². The van der Waals surface area contributed by atoms with Gasteiger partial charge in [-0.1, -0.05) is 47.5 Å². The Hall–Kier alpha value is -1.36. The molecule has 2 aromatic rings. The summed E-state index contributed by atoms with van der Waals surface area (Å²) in [5.74, 6) is -0.0416. The molecule has 6 heteroatoms. The van der Waals surface area contributed by atoms with Gasteiger partial charge in [0.15, 0.2) is 0 Å². The zero-order valence-corrected chi connectivity index (χ0v) is 12.3. The van der Waals surface area contributed by atoms with Gasteiger partial charge in [-0.2, -0.15) is 8.78 Å². The smallest absolute Gasteiger partial charge is 0.387 e. The Morgan fingerprint density at radius 2 is 1.76 bits per heavy atom. The summed E-state index contributed by atoms with van der Waals surface area (Å²) in [5, 5.41) is 11.0. The van der Waals surface area contributed by atoms with Gasteiger partial charge in [0.25, 0.3) is 0 Å². The maximum absolute atomic E-state index is 12.4. The fourth-order valence-corrected chi connectivity index (χ4v) is 2.28. The van der Waals surface area contributed by atoms with Crippen molar-refractivity contribution in [3.63, 3.8) is 0 Å². The summed E-state index contributed by atoms with van der Waals surface area (Å²) in [6.07, 6.45) is -0.780. The van der Waals surface area contributed by atoms with Crippen molar-refractivity contribution in [2.75, 3.05) is 0 Å². The molecule has 0 radical (unpaired) electrons. The zero-order chi connectivity index (χ0) is 15.4. The molecule has 0 amide bonds. The van der Waals surface area contributed by atoms with Gasteiger partial charge in [-0.25, -0.2) is 0 Å². The Kier molecular flexibility index (Phi) is 5.39. The summed E-state index contributed by atoms with van der Waals surface area (Å²) in [6, 6.07) is 11.1. The van der Waals surface area contributed by atoms with Crippen molar-refractivity contribution in [3.8, 4) is 5.75 Å². The number of benzene rings is 2. The largest absolute Gasteiger partial charge is 0.434 e. The number of hydrogen-bond acceptors (Lipinski definition) is 2. The molecule has 0 fully saturated rings. The summed E-state index contributed by atoms with van der Waals surface area (Å²) >= 11 is 11.7. The highest BCUT2D eigenvalue weighted by Gasteiger charge is 2.16. The number of ether oxygens (including phenoxy) is 1. The van der Waals surface area contributed by atoms with Gasteiger partial charge in [-0.3, -0.25) is 0 Å². The van der Waals surface area contributed by atoms with Gasteiger partial charge in [0.05, 0.1) is 16.1 Å². The van der Waals surface area contributed by atoms with E-state index in [0.717, 1.165) is 5.56 Å². The Morgan fingerprint density at radius 1 is 1.05 bits per heavy atom. The number of aliphatic hydroxyl groups excluding tert-OH is 1. The van der Waals surface area contributed by atoms with Gasteiger partial charge in [-0.15, -0.1) is 0 Å². The molecule has 21 heavy (non-hydrogen) atoms. The summed E-state index contributed by atoms with van der Waals surface area (Å²) in [6.45, 7) is -2.94. The highest BCUT2D eigenvalue weighted by Crippen LogP contribution is 2.30. The second kappa shape index (κ2) is 7.07. The molecule has 2 rings (SSSR count). The average Bonchev–Trinajstić information content (AvgIpc) is 2.43. The van der Waals surface area contributed by atoms with Crippen molar-refractivity contribution in [1.82, 2.24) is 0 Å². The van der Waals surface area contributed by atoms with Gasteiger partial charge in [0.2, 0.25) is 0 Å². The molecular weight excluding hydrogens is 321 g/mol. The van der Waals surface area contributed by atoms with Crippen molar-refractivity contribution in [3.05, 3.63) is 63.6 Å². The van der Waals surface area contributed by atoms with Crippen LogP contribution >= 0.6 is 23.2 Å². The molecule has 1 atom stereocenters. The van der Waals surface area contributed by atoms with Crippen molar-refractivity contribution in [1.29, 1.82) is 0 Å². The quantitative estimate of drug-likeness (QED) is 0.846. The lowest BCUT2D eigenvalue weighted by Gasteiger charge is -2.16. The van der Waals surface area contributed by atoms with Crippen LogP contribution in [0.3, 0.4) is 0 Å². The van der Waals surface area contributed by atoms with Crippen molar-refractivity contribution in [2.45, 2.75) is 19.1 Å². The molecule has 0 aliphatic rings. The summed E-state index contributed by atoms with van der Waals surface area (Å²) in [4.78, 5) is 0. The van der Waals surface area contributed by atoms with Crippen LogP contribution in [-0.2, 0) is 6.42 Å². The minimum atomic E-state index is -2.94. The van der Waals surface area contributed by atoms with Crippen molar-refractivity contribution < 1.29 is 18.6 Å². The zero-order valence-electron chi connectivity index (χ0n) is 10.8. The Labute approximate surface area is 130 Å². The van der Waals surface area contributed by atoms with Gasteiger partial charge >= 0.3 is 6.61 Å². The van der Waals surface area contributed by atoms with Crippen molar-refractivity contribution >= 4 is 23.2 Å². The normalized spacial score (nSPS) is 12.5. The van der Waals surface area contributed by atoms with Crippen LogP contribution in [0.5, 0.6) is 5.75 Å². The average molecular weight is 333 g/mol. The standard InChI is InChI=1S/C15H12Cl2F2O2/c16-11-6-5-9(7-12(11)17)8-13(20)10-3-1-2-4-14(10)21-15(18)19/h1-7,13,15,20H,8H2. The molecule has 0 saturated carbocycles. The van der Waals surface area contributed by atoms with E-state index in [1.807, 2.05) is 0 Å². The monoisotopic (exact) mass is 332 g/mol. The van der Waals surface area contributed by atoms with Crippen LogP contribution in [0.1, 0.15) is 17.2 Å². The third kappa shape index (κ3) is 4.30. The Morgan fingerprint density at radius 3 is 2.43 bits per heavy atom. The molecule has 0 heterocycles. The van der Waals surface area contributed by atoms with E-state index in [1.54, 1.807) is 36.4 Å². The van der Waals surface area contributed by atoms with Crippen LogP contribution < -0.4 is 4.74 Å². The lowest BCUT2D eigenvalue weighted by atomic mass is 10.0. The van der Waals surface area contributed by atoms with Crippen LogP contribution in [0.2, 0.25) is 10.0 Å². The first kappa shape index (κ1) is 16.0. The van der Waals surface area contributed by atoms with E-state index in [0.29, 0.717) is 15.6 Å². The number of halogens is 4. The van der Waals surface area contributed by atoms with Gasteiger partial charge in [0.1, 0.15) is 5.75 Å². The number of hydrogen-bond donors (Lipinski definition) is 1. The number of aliphatic hydroxyl groups is 1. The van der Waals surface area contributed by atoms with E-state index in [9.17, 15) is 13.9 Å². The highest BCUT2D eigenvalue weighted by molar-refractivity contribution is 6.42. The molecule has 0 aliphatic heterocycles. The molecule has 1 unspecified atom stereocenters. The predicted octanol–water partition coefficient (Wildman–Crippen LogP) is 4.87. The predicted molar refractivity (Wildman–Crippen MR) is 78.2 cm³/mol. The molecule has 2 aromatic carbocycles. The lowest BCUT2D eigenvalue weighted by Crippen LogP contribution is -2.08. The van der Waals surface area contributed by atoms with E-state index < -0.39 is 12.7 Å². The van der Waals surface area contributed by atoms with Crippen LogP contribution in [0.4, 0.5) is 8.78 Å². The molecule has 0 aliphatic carbocycles. The third-order valence-corrected chi connectivity index (χ3v) is 3.65. The fourth-order valence-electron chi connectivity index (χ4n) is 1.96. The maximum atomic E-state index is 12.4. The first-order valence-corrected chi connectivity index (χ1v) is 6.88. The molecule has 0 aromatic heterocycles. The van der Waals surface area contributed by atoms with Crippen LogP contribution in [-0.4, -0.2) is 11.7 Å². The second-order valence-corrected chi connectivity index (χ2v) is 5.20. The second-order valence-electron chi connectivity index (χ2n) is 4.38. The Bertz CT molecular complexity index is 620. The molecule has 2 nitrogen and oxygen atoms in total. The molecule has 1 N–H and O–H groups in total. The highest BCUT2D eigenvalue weighted by atomic mass is 35.5. The maximum Gasteiger partial charge on any atom is 0.387 e. The third-order valence-electron chi connectivity index (χ3n) is 2.91. The Balaban J connectivity index is 2.19. The van der Waals surface area contributed by atoms with Gasteiger partial charge in [-0.05, 0) is 23.8 Å². The van der Waals surface area contributed by atoms with Crippen LogP contribution in [0.25, 0.3) is 0 Å². The number of alkyl halides is 2. The van der Waals surface area contributed by atoms with E-state index in [4.69, 9.17) is 23.2 Å². The lowest BCUT2D eigenvalue weighted by molar-refractivity contribution is -0.0515. The fraction of sp³-hybridized carbons (Fsp3) is 0.200. The number of rotatable bonds is 5. The first-order chi connectivity index (χ1) is 9.97. The van der Waals surface area contributed by atoms with E-state index in [-0.39, 0.29) is 12.2 Å². The van der Waals surface area contributed by atoms with Gasteiger partial charge in [0, 0.05) is 12.0 Å². The topological polar surface area (TPSA) is 29.5 Å². The summed E-state index contributed by atoms with van der Waals surface area (Å²) in [5.41, 5.74) is 1.03. The van der Waals surface area contributed by atoms with Crippen molar-refractivity contribution in [2.24, 2.45) is 0 Å². The SMILES string of the molecule is OC(Cc1ccc(Cl)c(Cl)c1)c1ccccc1OC(F)F. The van der Waals surface area contributed by atoms with E-state index in [2.05, 4.69) is 4.74 Å². The van der Waals surface area contributed by atoms with E-state index in [1.165, 1.54) is 6.07 Å². The van der Waals surface area contributed by atoms with Gasteiger partial charge < -0.3 is 9.84 Å². The summed E-state index contributed by atoms with van der Waals surface area (Å²) in [7, 11) is 0.